The average molecular weight is 377 g/mol. The van der Waals surface area contributed by atoms with Gasteiger partial charge in [0.1, 0.15) is 5.69 Å². The summed E-state index contributed by atoms with van der Waals surface area (Å²) in [6, 6.07) is 6.38. The molecule has 0 atom stereocenters. The van der Waals surface area contributed by atoms with Gasteiger partial charge in [-0.15, -0.1) is 5.10 Å². The SMILES string of the molecule is CC(C)Nc1c(-c2cn(CCCO)nn2)cnc2c(-c3cn[nH]c3)cccc12. The van der Waals surface area contributed by atoms with Crippen molar-refractivity contribution in [1.82, 2.24) is 30.2 Å². The third kappa shape index (κ3) is 3.46. The molecule has 1 aromatic carbocycles. The lowest BCUT2D eigenvalue weighted by Crippen LogP contribution is -2.11. The zero-order chi connectivity index (χ0) is 19.5. The van der Waals surface area contributed by atoms with E-state index in [1.54, 1.807) is 10.9 Å². The molecule has 0 aliphatic carbocycles. The number of fused-ring (bicyclic) bond motifs is 1. The molecule has 0 amide bonds. The van der Waals surface area contributed by atoms with Gasteiger partial charge >= 0.3 is 0 Å². The number of aliphatic hydroxyl groups excluding tert-OH is 1. The Morgan fingerprint density at radius 2 is 2.11 bits per heavy atom. The highest BCUT2D eigenvalue weighted by Gasteiger charge is 2.17. The van der Waals surface area contributed by atoms with Crippen LogP contribution < -0.4 is 5.32 Å². The highest BCUT2D eigenvalue weighted by atomic mass is 16.3. The van der Waals surface area contributed by atoms with Gasteiger partial charge in [-0.2, -0.15) is 5.10 Å². The number of pyridine rings is 1. The Bertz CT molecular complexity index is 1070. The van der Waals surface area contributed by atoms with Gasteiger partial charge in [-0.1, -0.05) is 23.4 Å². The molecule has 0 saturated heterocycles. The van der Waals surface area contributed by atoms with E-state index in [4.69, 9.17) is 10.1 Å². The molecule has 0 unspecified atom stereocenters. The Morgan fingerprint density at radius 3 is 2.86 bits per heavy atom. The number of aryl methyl sites for hydroxylation is 1. The molecule has 3 N–H and O–H groups in total. The van der Waals surface area contributed by atoms with Crippen LogP contribution in [0.15, 0.2) is 43.0 Å². The molecule has 3 heterocycles. The number of aliphatic hydroxyl groups is 1. The van der Waals surface area contributed by atoms with Crippen LogP contribution >= 0.6 is 0 Å². The van der Waals surface area contributed by atoms with Gasteiger partial charge in [0, 0.05) is 53.7 Å². The van der Waals surface area contributed by atoms with Crippen molar-refractivity contribution < 1.29 is 5.11 Å². The predicted octanol–water partition coefficient (Wildman–Crippen LogP) is 3.09. The molecule has 0 saturated carbocycles. The second kappa shape index (κ2) is 7.77. The van der Waals surface area contributed by atoms with E-state index in [1.165, 1.54) is 0 Å². The van der Waals surface area contributed by atoms with Crippen molar-refractivity contribution in [2.75, 3.05) is 11.9 Å². The maximum atomic E-state index is 9.03. The largest absolute Gasteiger partial charge is 0.396 e. The van der Waals surface area contributed by atoms with Gasteiger partial charge in [-0.25, -0.2) is 0 Å². The number of rotatable bonds is 7. The molecular weight excluding hydrogens is 354 g/mol. The summed E-state index contributed by atoms with van der Waals surface area (Å²) < 4.78 is 1.75. The number of para-hydroxylation sites is 1. The van der Waals surface area contributed by atoms with Crippen molar-refractivity contribution >= 4 is 16.6 Å². The molecule has 0 aliphatic rings. The van der Waals surface area contributed by atoms with Crippen LogP contribution in [0.1, 0.15) is 20.3 Å². The Labute approximate surface area is 162 Å². The summed E-state index contributed by atoms with van der Waals surface area (Å²) in [6.45, 7) is 4.97. The molecule has 0 aliphatic heterocycles. The second-order valence-electron chi connectivity index (χ2n) is 6.98. The fraction of sp³-hybridized carbons (Fsp3) is 0.300. The van der Waals surface area contributed by atoms with E-state index in [1.807, 2.05) is 30.7 Å². The maximum absolute atomic E-state index is 9.03. The van der Waals surface area contributed by atoms with Crippen LogP contribution in [0, 0.1) is 0 Å². The standard InChI is InChI=1S/C20H23N7O/c1-13(2)24-20-16-6-3-5-15(14-9-22-23-10-14)19(16)21-11-17(20)18-12-27(26-25-18)7-4-8-28/h3,5-6,9-13,28H,4,7-8H2,1-2H3,(H,21,24)(H,22,23). The first-order chi connectivity index (χ1) is 13.7. The topological polar surface area (TPSA) is 105 Å². The van der Waals surface area contributed by atoms with Crippen molar-refractivity contribution in [2.45, 2.75) is 32.9 Å². The zero-order valence-electron chi connectivity index (χ0n) is 15.9. The van der Waals surface area contributed by atoms with E-state index in [0.29, 0.717) is 13.0 Å². The second-order valence-corrected chi connectivity index (χ2v) is 6.98. The number of H-pyrrole nitrogens is 1. The van der Waals surface area contributed by atoms with E-state index in [2.05, 4.69) is 45.7 Å². The van der Waals surface area contributed by atoms with Crippen molar-refractivity contribution in [3.63, 3.8) is 0 Å². The molecule has 8 heteroatoms. The number of aromatic nitrogens is 6. The highest BCUT2D eigenvalue weighted by Crippen LogP contribution is 2.36. The van der Waals surface area contributed by atoms with Gasteiger partial charge in [0.05, 0.1) is 23.6 Å². The van der Waals surface area contributed by atoms with Crippen molar-refractivity contribution in [3.8, 4) is 22.4 Å². The first kappa shape index (κ1) is 18.1. The molecule has 0 spiro atoms. The minimum Gasteiger partial charge on any atom is -0.396 e. The van der Waals surface area contributed by atoms with Crippen LogP contribution in [-0.4, -0.2) is 47.9 Å². The summed E-state index contributed by atoms with van der Waals surface area (Å²) in [6.07, 6.45) is 8.05. The Morgan fingerprint density at radius 1 is 1.21 bits per heavy atom. The van der Waals surface area contributed by atoms with Crippen LogP contribution in [0.4, 0.5) is 5.69 Å². The van der Waals surface area contributed by atoms with E-state index >= 15 is 0 Å². The lowest BCUT2D eigenvalue weighted by Gasteiger charge is -2.17. The summed E-state index contributed by atoms with van der Waals surface area (Å²) in [5.41, 5.74) is 5.57. The van der Waals surface area contributed by atoms with Gasteiger partial charge in [0.25, 0.3) is 0 Å². The fourth-order valence-corrected chi connectivity index (χ4v) is 3.26. The smallest absolute Gasteiger partial charge is 0.116 e. The molecular formula is C20H23N7O. The van der Waals surface area contributed by atoms with Crippen molar-refractivity contribution in [3.05, 3.63) is 43.0 Å². The van der Waals surface area contributed by atoms with Gasteiger partial charge in [-0.3, -0.25) is 14.8 Å². The summed E-state index contributed by atoms with van der Waals surface area (Å²) in [7, 11) is 0. The van der Waals surface area contributed by atoms with Crippen LogP contribution in [0.2, 0.25) is 0 Å². The number of aromatic amines is 1. The lowest BCUT2D eigenvalue weighted by molar-refractivity contribution is 0.276. The first-order valence-electron chi connectivity index (χ1n) is 9.36. The number of nitrogens with zero attached hydrogens (tertiary/aromatic N) is 5. The molecule has 3 aromatic heterocycles. The number of benzene rings is 1. The van der Waals surface area contributed by atoms with E-state index in [9.17, 15) is 0 Å². The van der Waals surface area contributed by atoms with Crippen LogP contribution in [0.5, 0.6) is 0 Å². The molecule has 8 nitrogen and oxygen atoms in total. The fourth-order valence-electron chi connectivity index (χ4n) is 3.26. The van der Waals surface area contributed by atoms with Crippen LogP contribution in [0.25, 0.3) is 33.3 Å². The molecule has 4 rings (SSSR count). The normalized spacial score (nSPS) is 11.4. The average Bonchev–Trinajstić information content (AvgIpc) is 3.38. The number of nitrogens with one attached hydrogen (secondary N) is 2. The monoisotopic (exact) mass is 377 g/mol. The maximum Gasteiger partial charge on any atom is 0.116 e. The van der Waals surface area contributed by atoms with Gasteiger partial charge in [0.2, 0.25) is 0 Å². The van der Waals surface area contributed by atoms with Gasteiger partial charge in [0.15, 0.2) is 0 Å². The Hall–Kier alpha value is -3.26. The summed E-state index contributed by atoms with van der Waals surface area (Å²) >= 11 is 0. The number of hydrogen-bond acceptors (Lipinski definition) is 6. The molecule has 0 bridgehead atoms. The first-order valence-corrected chi connectivity index (χ1v) is 9.36. The molecule has 0 fully saturated rings. The van der Waals surface area contributed by atoms with Crippen molar-refractivity contribution in [2.24, 2.45) is 0 Å². The van der Waals surface area contributed by atoms with Crippen LogP contribution in [-0.2, 0) is 6.54 Å². The number of hydrogen-bond donors (Lipinski definition) is 3. The Kier molecular flexibility index (Phi) is 5.03. The number of anilines is 1. The quantitative estimate of drug-likeness (QED) is 0.457. The summed E-state index contributed by atoms with van der Waals surface area (Å²) in [4.78, 5) is 4.75. The minimum absolute atomic E-state index is 0.129. The lowest BCUT2D eigenvalue weighted by atomic mass is 10.0. The summed E-state index contributed by atoms with van der Waals surface area (Å²) in [5, 5.41) is 29.0. The molecule has 144 valence electrons. The van der Waals surface area contributed by atoms with Crippen molar-refractivity contribution in [1.29, 1.82) is 0 Å². The van der Waals surface area contributed by atoms with E-state index in [0.717, 1.165) is 39.0 Å². The molecule has 0 radical (unpaired) electrons. The Balaban J connectivity index is 1.86. The predicted molar refractivity (Wildman–Crippen MR) is 109 cm³/mol. The van der Waals surface area contributed by atoms with Gasteiger partial charge < -0.3 is 10.4 Å². The van der Waals surface area contributed by atoms with E-state index < -0.39 is 0 Å². The zero-order valence-corrected chi connectivity index (χ0v) is 15.9. The van der Waals surface area contributed by atoms with Crippen LogP contribution in [0.3, 0.4) is 0 Å². The minimum atomic E-state index is 0.129. The van der Waals surface area contributed by atoms with Gasteiger partial charge in [-0.05, 0) is 20.3 Å². The summed E-state index contributed by atoms with van der Waals surface area (Å²) in [5.74, 6) is 0. The molecule has 28 heavy (non-hydrogen) atoms. The molecule has 4 aromatic rings. The third-order valence-electron chi connectivity index (χ3n) is 4.50. The third-order valence-corrected chi connectivity index (χ3v) is 4.50. The highest BCUT2D eigenvalue weighted by molar-refractivity contribution is 6.04. The van der Waals surface area contributed by atoms with E-state index in [-0.39, 0.29) is 12.6 Å².